The Morgan fingerprint density at radius 1 is 0.429 bits per heavy atom. The van der Waals surface area contributed by atoms with Crippen LogP contribution in [0.1, 0.15) is 50.7 Å². The lowest BCUT2D eigenvalue weighted by molar-refractivity contribution is 0.797. The maximum Gasteiger partial charge on any atom is 0.0449 e. The second-order valence-corrected chi connectivity index (χ2v) is 13.5. The lowest BCUT2D eigenvalue weighted by atomic mass is 9.87. The number of hydrogen-bond donors (Lipinski definition) is 0. The first kappa shape index (κ1) is 27.1. The van der Waals surface area contributed by atoms with Crippen LogP contribution in [0.3, 0.4) is 0 Å². The maximum atomic E-state index is 2.49. The third-order valence-electron chi connectivity index (χ3n) is 8.58. The lowest BCUT2D eigenvalue weighted by Gasteiger charge is -2.18. The van der Waals surface area contributed by atoms with E-state index in [9.17, 15) is 0 Å². The number of aryl methyl sites for hydroxylation is 2. The van der Waals surface area contributed by atoms with Crippen LogP contribution in [0.15, 0.2) is 109 Å². The molecule has 2 aromatic heterocycles. The Bertz CT molecular complexity index is 2020. The predicted molar refractivity (Wildman–Crippen MR) is 188 cm³/mol. The highest BCUT2D eigenvalue weighted by Crippen LogP contribution is 2.42. The van der Waals surface area contributed by atoms with Gasteiger partial charge < -0.3 is 0 Å². The van der Waals surface area contributed by atoms with Gasteiger partial charge in [0.25, 0.3) is 0 Å². The summed E-state index contributed by atoms with van der Waals surface area (Å²) in [4.78, 5) is 5.35. The third kappa shape index (κ3) is 5.08. The second kappa shape index (κ2) is 11.9. The van der Waals surface area contributed by atoms with Crippen LogP contribution in [0.25, 0.3) is 63.0 Å². The Balaban J connectivity index is 1.27. The van der Waals surface area contributed by atoms with Gasteiger partial charge in [0, 0.05) is 19.5 Å². The van der Waals surface area contributed by atoms with Crippen LogP contribution in [0.2, 0.25) is 0 Å². The van der Waals surface area contributed by atoms with E-state index in [1.54, 1.807) is 0 Å². The summed E-state index contributed by atoms with van der Waals surface area (Å²) in [7, 11) is 0. The van der Waals surface area contributed by atoms with Gasteiger partial charge in [-0.05, 0) is 117 Å². The van der Waals surface area contributed by atoms with Crippen molar-refractivity contribution < 1.29 is 0 Å². The normalized spacial score (nSPS) is 11.7. The number of fused-ring (bicyclic) bond motifs is 3. The summed E-state index contributed by atoms with van der Waals surface area (Å²) in [5.41, 5.74) is 5.68. The Hall–Kier alpha value is -3.72. The van der Waals surface area contributed by atoms with Gasteiger partial charge in [0.05, 0.1) is 0 Å². The van der Waals surface area contributed by atoms with Gasteiger partial charge in [0.15, 0.2) is 0 Å². The minimum absolute atomic E-state index is 1.13. The van der Waals surface area contributed by atoms with Gasteiger partial charge in [0.1, 0.15) is 0 Å². The molecule has 0 saturated heterocycles. The van der Waals surface area contributed by atoms with Crippen LogP contribution in [0, 0.1) is 0 Å². The molecule has 0 spiro atoms. The first-order valence-electron chi connectivity index (χ1n) is 15.4. The molecule has 0 aliphatic rings. The van der Waals surface area contributed by atoms with Gasteiger partial charge in [0.2, 0.25) is 0 Å². The highest BCUT2D eigenvalue weighted by molar-refractivity contribution is 7.25. The monoisotopic (exact) mass is 580 g/mol. The average Bonchev–Trinajstić information content (AvgIpc) is 3.73. The fourth-order valence-electron chi connectivity index (χ4n) is 6.35. The lowest BCUT2D eigenvalue weighted by Crippen LogP contribution is -1.97. The quantitative estimate of drug-likeness (QED) is 0.149. The molecule has 0 bridgehead atoms. The number of rotatable bonds is 9. The minimum Gasteiger partial charge on any atom is -0.134 e. The first-order chi connectivity index (χ1) is 20.7. The fraction of sp³-hybridized carbons (Fsp3) is 0.200. The van der Waals surface area contributed by atoms with E-state index in [0.29, 0.717) is 0 Å². The standard InChI is InChI=1S/C40H36S2/c1-3-5-13-31-32-15-9-10-16-33(32)34(14-6-4-2)36-26-30(19-20-35(31)36)38-22-24-40(42-38)39-23-21-37(41-39)29-18-17-27-11-7-8-12-28(27)25-29/h7-12,15-26H,3-6,13-14H2,1-2H3. The molecule has 7 aromatic rings. The summed E-state index contributed by atoms with van der Waals surface area (Å²) >= 11 is 3.81. The number of hydrogen-bond acceptors (Lipinski definition) is 2. The molecule has 7 rings (SSSR count). The van der Waals surface area contributed by atoms with Crippen LogP contribution in [-0.4, -0.2) is 0 Å². The molecular weight excluding hydrogens is 545 g/mol. The molecule has 0 amide bonds. The smallest absolute Gasteiger partial charge is 0.0449 e. The summed E-state index contributed by atoms with van der Waals surface area (Å²) < 4.78 is 0. The molecule has 0 N–H and O–H groups in total. The molecular formula is C40H36S2. The van der Waals surface area contributed by atoms with Crippen LogP contribution in [-0.2, 0) is 12.8 Å². The molecule has 2 heteroatoms. The fourth-order valence-corrected chi connectivity index (χ4v) is 8.44. The molecule has 0 saturated carbocycles. The van der Waals surface area contributed by atoms with Crippen molar-refractivity contribution in [3.63, 3.8) is 0 Å². The van der Waals surface area contributed by atoms with E-state index in [4.69, 9.17) is 0 Å². The Kier molecular flexibility index (Phi) is 7.67. The van der Waals surface area contributed by atoms with Crippen LogP contribution in [0.4, 0.5) is 0 Å². The molecule has 0 aliphatic heterocycles. The van der Waals surface area contributed by atoms with E-state index in [1.165, 1.54) is 99.8 Å². The number of thiophene rings is 2. The minimum atomic E-state index is 1.13. The highest BCUT2D eigenvalue weighted by Gasteiger charge is 2.16. The number of benzene rings is 5. The Labute approximate surface area is 257 Å². The molecule has 2 heterocycles. The molecule has 42 heavy (non-hydrogen) atoms. The van der Waals surface area contributed by atoms with Gasteiger partial charge in [-0.2, -0.15) is 0 Å². The van der Waals surface area contributed by atoms with E-state index in [-0.39, 0.29) is 0 Å². The van der Waals surface area contributed by atoms with E-state index in [1.807, 2.05) is 22.7 Å². The van der Waals surface area contributed by atoms with Crippen molar-refractivity contribution in [2.24, 2.45) is 0 Å². The van der Waals surface area contributed by atoms with E-state index in [2.05, 4.69) is 123 Å². The van der Waals surface area contributed by atoms with Crippen molar-refractivity contribution in [1.82, 2.24) is 0 Å². The number of unbranched alkanes of at least 4 members (excludes halogenated alkanes) is 2. The topological polar surface area (TPSA) is 0 Å². The molecule has 208 valence electrons. The van der Waals surface area contributed by atoms with E-state index < -0.39 is 0 Å². The summed E-state index contributed by atoms with van der Waals surface area (Å²) in [6.07, 6.45) is 7.15. The zero-order valence-electron chi connectivity index (χ0n) is 24.5. The largest absolute Gasteiger partial charge is 0.134 e. The van der Waals surface area contributed by atoms with E-state index in [0.717, 1.165) is 12.8 Å². The van der Waals surface area contributed by atoms with Crippen molar-refractivity contribution in [2.75, 3.05) is 0 Å². The van der Waals surface area contributed by atoms with Crippen LogP contribution < -0.4 is 0 Å². The van der Waals surface area contributed by atoms with Gasteiger partial charge in [-0.25, -0.2) is 0 Å². The van der Waals surface area contributed by atoms with Crippen LogP contribution in [0.5, 0.6) is 0 Å². The van der Waals surface area contributed by atoms with Gasteiger partial charge >= 0.3 is 0 Å². The van der Waals surface area contributed by atoms with E-state index >= 15 is 0 Å². The zero-order valence-corrected chi connectivity index (χ0v) is 26.1. The average molecular weight is 581 g/mol. The Morgan fingerprint density at radius 3 is 1.57 bits per heavy atom. The summed E-state index contributed by atoms with van der Waals surface area (Å²) in [6.45, 7) is 4.60. The van der Waals surface area contributed by atoms with Gasteiger partial charge in [-0.15, -0.1) is 22.7 Å². The molecule has 0 nitrogen and oxygen atoms in total. The second-order valence-electron chi connectivity index (χ2n) is 11.4. The summed E-state index contributed by atoms with van der Waals surface area (Å²) in [6, 6.07) is 41.0. The van der Waals surface area contributed by atoms with Crippen molar-refractivity contribution in [1.29, 1.82) is 0 Å². The SMILES string of the molecule is CCCCc1c2ccccc2c(CCCC)c2cc(-c3ccc(-c4ccc(-c5ccc6ccccc6c5)s4)s3)ccc12. The third-order valence-corrected chi connectivity index (χ3v) is 11.0. The molecule has 0 fully saturated rings. The van der Waals surface area contributed by atoms with Crippen molar-refractivity contribution in [2.45, 2.75) is 52.4 Å². The van der Waals surface area contributed by atoms with Crippen molar-refractivity contribution in [3.05, 3.63) is 120 Å². The first-order valence-corrected chi connectivity index (χ1v) is 17.0. The van der Waals surface area contributed by atoms with Crippen molar-refractivity contribution in [3.8, 4) is 30.6 Å². The van der Waals surface area contributed by atoms with Gasteiger partial charge in [-0.3, -0.25) is 0 Å². The molecule has 0 aliphatic carbocycles. The molecule has 0 radical (unpaired) electrons. The maximum absolute atomic E-state index is 2.49. The highest BCUT2D eigenvalue weighted by atomic mass is 32.1. The summed E-state index contributed by atoms with van der Waals surface area (Å²) in [5, 5.41) is 8.40. The molecule has 5 aromatic carbocycles. The predicted octanol–water partition coefficient (Wildman–Crippen LogP) is 13.0. The molecule has 0 unspecified atom stereocenters. The summed E-state index contributed by atoms with van der Waals surface area (Å²) in [5.74, 6) is 0. The van der Waals surface area contributed by atoms with Crippen LogP contribution >= 0.6 is 22.7 Å². The van der Waals surface area contributed by atoms with Gasteiger partial charge in [-0.1, -0.05) is 99.5 Å². The zero-order chi connectivity index (χ0) is 28.5. The van der Waals surface area contributed by atoms with Crippen molar-refractivity contribution >= 4 is 55.0 Å². The Morgan fingerprint density at radius 2 is 0.929 bits per heavy atom. The molecule has 0 atom stereocenters.